The summed E-state index contributed by atoms with van der Waals surface area (Å²) in [7, 11) is 2.15. The third-order valence-corrected chi connectivity index (χ3v) is 3.38. The SMILES string of the molecule is CCNC(=NCC(C)N(C)Cc1ccccc1)NC(C)(C)C.I. The highest BCUT2D eigenvalue weighted by atomic mass is 127. The van der Waals surface area contributed by atoms with E-state index in [4.69, 9.17) is 4.99 Å². The van der Waals surface area contributed by atoms with Gasteiger partial charge in [-0.15, -0.1) is 24.0 Å². The molecule has 2 N–H and O–H groups in total. The maximum atomic E-state index is 4.71. The Morgan fingerprint density at radius 3 is 2.35 bits per heavy atom. The molecule has 5 heteroatoms. The van der Waals surface area contributed by atoms with E-state index >= 15 is 0 Å². The molecule has 0 saturated carbocycles. The van der Waals surface area contributed by atoms with Crippen LogP contribution in [0.25, 0.3) is 0 Å². The summed E-state index contributed by atoms with van der Waals surface area (Å²) in [5.74, 6) is 0.884. The Kier molecular flexibility index (Phi) is 10.5. The molecule has 1 aromatic rings. The van der Waals surface area contributed by atoms with Crippen LogP contribution in [0, 0.1) is 0 Å². The summed E-state index contributed by atoms with van der Waals surface area (Å²) in [5.41, 5.74) is 1.35. The standard InChI is InChI=1S/C18H32N4.HI/c1-7-19-17(21-18(3,4)5)20-13-15(2)22(6)14-16-11-9-8-10-12-16;/h8-12,15H,7,13-14H2,1-6H3,(H2,19,20,21);1H. The molecular formula is C18H33IN4. The lowest BCUT2D eigenvalue weighted by Gasteiger charge is -2.26. The molecule has 1 atom stereocenters. The van der Waals surface area contributed by atoms with Crippen molar-refractivity contribution in [2.75, 3.05) is 20.1 Å². The zero-order chi connectivity index (χ0) is 16.6. The van der Waals surface area contributed by atoms with Gasteiger partial charge in [-0.2, -0.15) is 0 Å². The molecule has 1 unspecified atom stereocenters. The van der Waals surface area contributed by atoms with Gasteiger partial charge in [-0.05, 0) is 47.2 Å². The van der Waals surface area contributed by atoms with E-state index in [0.717, 1.165) is 25.6 Å². The zero-order valence-corrected chi connectivity index (χ0v) is 17.7. The summed E-state index contributed by atoms with van der Waals surface area (Å²) in [6.07, 6.45) is 0. The summed E-state index contributed by atoms with van der Waals surface area (Å²) >= 11 is 0. The van der Waals surface area contributed by atoms with Crippen LogP contribution in [0.2, 0.25) is 0 Å². The van der Waals surface area contributed by atoms with Crippen molar-refractivity contribution in [2.45, 2.75) is 52.7 Å². The molecule has 0 radical (unpaired) electrons. The number of aliphatic imine (C=N–C) groups is 1. The molecule has 0 saturated heterocycles. The van der Waals surface area contributed by atoms with Gasteiger partial charge in [-0.3, -0.25) is 9.89 Å². The van der Waals surface area contributed by atoms with Crippen molar-refractivity contribution in [3.8, 4) is 0 Å². The summed E-state index contributed by atoms with van der Waals surface area (Å²) in [6, 6.07) is 10.9. The van der Waals surface area contributed by atoms with Crippen LogP contribution in [0.5, 0.6) is 0 Å². The highest BCUT2D eigenvalue weighted by molar-refractivity contribution is 14.0. The number of hydrogen-bond acceptors (Lipinski definition) is 2. The van der Waals surface area contributed by atoms with Crippen molar-refractivity contribution in [3.05, 3.63) is 35.9 Å². The maximum absolute atomic E-state index is 4.71. The van der Waals surface area contributed by atoms with E-state index in [1.807, 2.05) is 0 Å². The van der Waals surface area contributed by atoms with E-state index in [0.29, 0.717) is 6.04 Å². The normalized spacial score (nSPS) is 13.4. The van der Waals surface area contributed by atoms with E-state index in [2.05, 4.69) is 87.5 Å². The molecule has 0 heterocycles. The van der Waals surface area contributed by atoms with E-state index in [1.54, 1.807) is 0 Å². The van der Waals surface area contributed by atoms with Crippen molar-refractivity contribution < 1.29 is 0 Å². The monoisotopic (exact) mass is 432 g/mol. The van der Waals surface area contributed by atoms with Gasteiger partial charge in [-0.1, -0.05) is 30.3 Å². The highest BCUT2D eigenvalue weighted by Crippen LogP contribution is 2.06. The van der Waals surface area contributed by atoms with Gasteiger partial charge < -0.3 is 10.6 Å². The van der Waals surface area contributed by atoms with Crippen LogP contribution in [-0.4, -0.2) is 42.6 Å². The van der Waals surface area contributed by atoms with Gasteiger partial charge in [0.15, 0.2) is 5.96 Å². The second-order valence-corrected chi connectivity index (χ2v) is 6.84. The minimum absolute atomic E-state index is 0. The lowest BCUT2D eigenvalue weighted by molar-refractivity contribution is 0.255. The maximum Gasteiger partial charge on any atom is 0.191 e. The van der Waals surface area contributed by atoms with Crippen LogP contribution in [0.15, 0.2) is 35.3 Å². The lowest BCUT2D eigenvalue weighted by Crippen LogP contribution is -2.48. The van der Waals surface area contributed by atoms with E-state index in [9.17, 15) is 0 Å². The number of nitrogens with zero attached hydrogens (tertiary/aromatic N) is 2. The molecule has 0 aromatic heterocycles. The molecule has 0 aliphatic carbocycles. The predicted octanol–water partition coefficient (Wildman–Crippen LogP) is 3.48. The Balaban J connectivity index is 0.00000484. The Hall–Kier alpha value is -0.820. The first-order chi connectivity index (χ1) is 10.3. The molecule has 1 rings (SSSR count). The molecule has 132 valence electrons. The number of likely N-dealkylation sites (N-methyl/N-ethyl adjacent to an activating group) is 1. The average molecular weight is 432 g/mol. The van der Waals surface area contributed by atoms with Gasteiger partial charge in [0.05, 0.1) is 6.54 Å². The molecule has 23 heavy (non-hydrogen) atoms. The van der Waals surface area contributed by atoms with Crippen molar-refractivity contribution in [1.29, 1.82) is 0 Å². The summed E-state index contributed by atoms with van der Waals surface area (Å²) in [6.45, 7) is 13.3. The van der Waals surface area contributed by atoms with Crippen molar-refractivity contribution >= 4 is 29.9 Å². The zero-order valence-electron chi connectivity index (χ0n) is 15.4. The van der Waals surface area contributed by atoms with Gasteiger partial charge >= 0.3 is 0 Å². The number of halogens is 1. The molecule has 0 fully saturated rings. The average Bonchev–Trinajstić information content (AvgIpc) is 2.44. The van der Waals surface area contributed by atoms with Gasteiger partial charge in [0.1, 0.15) is 0 Å². The largest absolute Gasteiger partial charge is 0.357 e. The molecule has 0 amide bonds. The number of nitrogens with one attached hydrogen (secondary N) is 2. The number of hydrogen-bond donors (Lipinski definition) is 2. The fourth-order valence-electron chi connectivity index (χ4n) is 2.05. The van der Waals surface area contributed by atoms with E-state index in [-0.39, 0.29) is 29.5 Å². The fourth-order valence-corrected chi connectivity index (χ4v) is 2.05. The second-order valence-electron chi connectivity index (χ2n) is 6.84. The smallest absolute Gasteiger partial charge is 0.191 e. The third-order valence-electron chi connectivity index (χ3n) is 3.38. The quantitative estimate of drug-likeness (QED) is 0.411. The first kappa shape index (κ1) is 22.2. The molecule has 1 aromatic carbocycles. The molecule has 0 aliphatic heterocycles. The molecule has 0 aliphatic rings. The van der Waals surface area contributed by atoms with E-state index in [1.165, 1.54) is 5.56 Å². The van der Waals surface area contributed by atoms with Crippen molar-refractivity contribution in [3.63, 3.8) is 0 Å². The minimum atomic E-state index is 0. The Labute approximate surface area is 159 Å². The van der Waals surface area contributed by atoms with Gasteiger partial charge in [0.2, 0.25) is 0 Å². The number of guanidine groups is 1. The molecule has 0 spiro atoms. The van der Waals surface area contributed by atoms with Gasteiger partial charge in [0, 0.05) is 24.7 Å². The van der Waals surface area contributed by atoms with Crippen LogP contribution >= 0.6 is 24.0 Å². The predicted molar refractivity (Wildman–Crippen MR) is 112 cm³/mol. The highest BCUT2D eigenvalue weighted by Gasteiger charge is 2.13. The number of rotatable bonds is 6. The van der Waals surface area contributed by atoms with E-state index < -0.39 is 0 Å². The third kappa shape index (κ3) is 9.81. The first-order valence-electron chi connectivity index (χ1n) is 8.12. The summed E-state index contributed by atoms with van der Waals surface area (Å²) in [5, 5.41) is 6.73. The van der Waals surface area contributed by atoms with Crippen molar-refractivity contribution in [1.82, 2.24) is 15.5 Å². The Bertz CT molecular complexity index is 454. The Morgan fingerprint density at radius 1 is 1.22 bits per heavy atom. The molecule has 0 bridgehead atoms. The topological polar surface area (TPSA) is 39.7 Å². The molecule has 4 nitrogen and oxygen atoms in total. The van der Waals surface area contributed by atoms with Gasteiger partial charge in [0.25, 0.3) is 0 Å². The van der Waals surface area contributed by atoms with Crippen LogP contribution in [0.3, 0.4) is 0 Å². The van der Waals surface area contributed by atoms with Crippen LogP contribution in [0.1, 0.15) is 40.2 Å². The van der Waals surface area contributed by atoms with Crippen LogP contribution < -0.4 is 10.6 Å². The minimum Gasteiger partial charge on any atom is -0.357 e. The first-order valence-corrected chi connectivity index (χ1v) is 8.12. The Morgan fingerprint density at radius 2 is 1.83 bits per heavy atom. The molecular weight excluding hydrogens is 399 g/mol. The summed E-state index contributed by atoms with van der Waals surface area (Å²) < 4.78 is 0. The fraction of sp³-hybridized carbons (Fsp3) is 0.611. The lowest BCUT2D eigenvalue weighted by atomic mass is 10.1. The van der Waals surface area contributed by atoms with Crippen LogP contribution in [0.4, 0.5) is 0 Å². The van der Waals surface area contributed by atoms with Gasteiger partial charge in [-0.25, -0.2) is 0 Å². The second kappa shape index (κ2) is 10.9. The van der Waals surface area contributed by atoms with Crippen molar-refractivity contribution in [2.24, 2.45) is 4.99 Å². The van der Waals surface area contributed by atoms with Crippen LogP contribution in [-0.2, 0) is 6.54 Å². The number of benzene rings is 1. The summed E-state index contributed by atoms with van der Waals surface area (Å²) in [4.78, 5) is 7.05.